The Morgan fingerprint density at radius 3 is 2.30 bits per heavy atom. The lowest BCUT2D eigenvalue weighted by Crippen LogP contribution is -2.27. The fourth-order valence-corrected chi connectivity index (χ4v) is 3.70. The Balaban J connectivity index is 2.15. The molecule has 0 atom stereocenters. The Kier molecular flexibility index (Phi) is 8.06. The summed E-state index contributed by atoms with van der Waals surface area (Å²) in [5, 5.41) is 11.0. The molecule has 150 valence electrons. The molecule has 0 spiro atoms. The highest BCUT2D eigenvalue weighted by Gasteiger charge is 2.31. The van der Waals surface area contributed by atoms with Crippen molar-refractivity contribution in [2.45, 2.75) is 72.1 Å². The molecule has 4 heteroatoms. The molecule has 3 nitrogen and oxygen atoms in total. The first-order chi connectivity index (χ1) is 12.9. The second kappa shape index (κ2) is 10.0. The number of hydrogen-bond donors (Lipinski definition) is 1. The lowest BCUT2D eigenvalue weighted by atomic mass is 9.90. The predicted octanol–water partition coefficient (Wildman–Crippen LogP) is 5.86. The number of nitrogens with zero attached hydrogens (tertiary/aromatic N) is 1. The molecule has 0 unspecified atom stereocenters. The third-order valence-corrected chi connectivity index (χ3v) is 4.80. The van der Waals surface area contributed by atoms with Crippen molar-refractivity contribution >= 4 is 0 Å². The van der Waals surface area contributed by atoms with Gasteiger partial charge in [-0.1, -0.05) is 58.7 Å². The molecule has 1 heterocycles. The maximum Gasteiger partial charge on any atom is 0.135 e. The van der Waals surface area contributed by atoms with E-state index in [9.17, 15) is 9.50 Å². The largest absolute Gasteiger partial charge is 0.462 e. The molecular weight excluding hydrogens is 341 g/mol. The van der Waals surface area contributed by atoms with Gasteiger partial charge in [0, 0.05) is 18.7 Å². The van der Waals surface area contributed by atoms with E-state index < -0.39 is 5.60 Å². The van der Waals surface area contributed by atoms with Crippen molar-refractivity contribution in [2.75, 3.05) is 6.54 Å². The minimum absolute atomic E-state index is 0.174. The minimum Gasteiger partial charge on any atom is -0.462 e. The first-order valence-electron chi connectivity index (χ1n) is 10.1. The van der Waals surface area contributed by atoms with Crippen LogP contribution >= 0.6 is 0 Å². The average molecular weight is 376 g/mol. The van der Waals surface area contributed by atoms with Crippen molar-refractivity contribution in [3.05, 3.63) is 59.3 Å². The quantitative estimate of drug-likeness (QED) is 0.534. The van der Waals surface area contributed by atoms with E-state index in [1.165, 1.54) is 6.07 Å². The van der Waals surface area contributed by atoms with E-state index in [1.54, 1.807) is 6.07 Å². The molecule has 0 aliphatic rings. The summed E-state index contributed by atoms with van der Waals surface area (Å²) in [6.45, 7) is 10.4. The van der Waals surface area contributed by atoms with E-state index in [0.29, 0.717) is 43.2 Å². The van der Waals surface area contributed by atoms with Gasteiger partial charge < -0.3 is 9.52 Å². The zero-order valence-electron chi connectivity index (χ0n) is 17.2. The number of hydrogen-bond acceptors (Lipinski definition) is 3. The Bertz CT molecular complexity index is 689. The van der Waals surface area contributed by atoms with Crippen LogP contribution in [0.25, 0.3) is 0 Å². The number of benzene rings is 1. The van der Waals surface area contributed by atoms with Crippen molar-refractivity contribution in [3.8, 4) is 0 Å². The molecule has 1 aromatic carbocycles. The summed E-state index contributed by atoms with van der Waals surface area (Å²) >= 11 is 0. The van der Waals surface area contributed by atoms with Crippen LogP contribution in [0.4, 0.5) is 4.39 Å². The molecule has 0 aliphatic heterocycles. The number of furan rings is 1. The normalized spacial score (nSPS) is 12.3. The molecule has 2 aromatic rings. The summed E-state index contributed by atoms with van der Waals surface area (Å²) in [5.74, 6) is 1.75. The van der Waals surface area contributed by atoms with Crippen LogP contribution in [0.2, 0.25) is 0 Å². The Morgan fingerprint density at radius 1 is 1.04 bits per heavy atom. The van der Waals surface area contributed by atoms with Gasteiger partial charge in [-0.3, -0.25) is 4.90 Å². The summed E-state index contributed by atoms with van der Waals surface area (Å²) in [5.41, 5.74) is -0.200. The molecular formula is C23H34FNO2. The molecule has 0 radical (unpaired) electrons. The summed E-state index contributed by atoms with van der Waals surface area (Å²) in [7, 11) is 0. The van der Waals surface area contributed by atoms with Crippen LogP contribution < -0.4 is 0 Å². The first-order valence-corrected chi connectivity index (χ1v) is 10.1. The molecule has 0 amide bonds. The maximum absolute atomic E-state index is 14.1. The summed E-state index contributed by atoms with van der Waals surface area (Å²) in [4.78, 5) is 2.20. The smallest absolute Gasteiger partial charge is 0.135 e. The van der Waals surface area contributed by atoms with Crippen LogP contribution in [0.3, 0.4) is 0 Å². The van der Waals surface area contributed by atoms with Gasteiger partial charge in [-0.2, -0.15) is 0 Å². The molecule has 0 fully saturated rings. The zero-order valence-corrected chi connectivity index (χ0v) is 17.2. The third kappa shape index (κ3) is 6.18. The van der Waals surface area contributed by atoms with Crippen molar-refractivity contribution in [3.63, 3.8) is 0 Å². The Morgan fingerprint density at radius 2 is 1.70 bits per heavy atom. The topological polar surface area (TPSA) is 36.6 Å². The summed E-state index contributed by atoms with van der Waals surface area (Å²) in [6.07, 6.45) is 3.19. The number of rotatable bonds is 11. The number of aliphatic hydroxyl groups is 1. The van der Waals surface area contributed by atoms with Gasteiger partial charge >= 0.3 is 0 Å². The van der Waals surface area contributed by atoms with E-state index in [-0.39, 0.29) is 5.82 Å². The average Bonchev–Trinajstić information content (AvgIpc) is 3.06. The van der Waals surface area contributed by atoms with Gasteiger partial charge in [0.1, 0.15) is 22.9 Å². The van der Waals surface area contributed by atoms with Gasteiger partial charge in [0.2, 0.25) is 0 Å². The lowest BCUT2D eigenvalue weighted by molar-refractivity contribution is -0.00527. The molecule has 0 saturated heterocycles. The van der Waals surface area contributed by atoms with Crippen molar-refractivity contribution in [1.82, 2.24) is 4.90 Å². The van der Waals surface area contributed by atoms with Gasteiger partial charge in [0.15, 0.2) is 0 Å². The van der Waals surface area contributed by atoms with E-state index in [1.807, 2.05) is 24.3 Å². The maximum atomic E-state index is 14.1. The fourth-order valence-electron chi connectivity index (χ4n) is 3.70. The fraction of sp³-hybridized carbons (Fsp3) is 0.565. The van der Waals surface area contributed by atoms with Crippen LogP contribution in [-0.2, 0) is 18.7 Å². The standard InChI is InChI=1S/C23H34FNO2/c1-5-13-23(26,14-6-2)22-12-11-20(27-22)17-25(15-18(3)4)16-19-9-7-8-10-21(19)24/h7-12,18,26H,5-6,13-17H2,1-4H3. The second-order valence-corrected chi connectivity index (χ2v) is 7.95. The molecule has 0 bridgehead atoms. The third-order valence-electron chi connectivity index (χ3n) is 4.80. The Labute approximate surface area is 163 Å². The monoisotopic (exact) mass is 375 g/mol. The highest BCUT2D eigenvalue weighted by Crippen LogP contribution is 2.33. The van der Waals surface area contributed by atoms with Crippen molar-refractivity contribution in [1.29, 1.82) is 0 Å². The van der Waals surface area contributed by atoms with Gasteiger partial charge in [-0.15, -0.1) is 0 Å². The van der Waals surface area contributed by atoms with Gasteiger partial charge in [-0.25, -0.2) is 4.39 Å². The van der Waals surface area contributed by atoms with Gasteiger partial charge in [0.05, 0.1) is 6.54 Å². The highest BCUT2D eigenvalue weighted by molar-refractivity contribution is 5.18. The summed E-state index contributed by atoms with van der Waals surface area (Å²) < 4.78 is 20.1. The first kappa shape index (κ1) is 21.6. The molecule has 1 N–H and O–H groups in total. The van der Waals surface area contributed by atoms with E-state index >= 15 is 0 Å². The lowest BCUT2D eigenvalue weighted by Gasteiger charge is -2.26. The molecule has 0 saturated carbocycles. The number of halogens is 1. The Hall–Kier alpha value is -1.65. The van der Waals surface area contributed by atoms with Crippen LogP contribution in [0, 0.1) is 11.7 Å². The van der Waals surface area contributed by atoms with E-state index in [0.717, 1.165) is 25.1 Å². The predicted molar refractivity (Wildman–Crippen MR) is 108 cm³/mol. The highest BCUT2D eigenvalue weighted by atomic mass is 19.1. The SMILES string of the molecule is CCCC(O)(CCC)c1ccc(CN(Cc2ccccc2F)CC(C)C)o1. The van der Waals surface area contributed by atoms with Crippen molar-refractivity contribution < 1.29 is 13.9 Å². The van der Waals surface area contributed by atoms with Crippen LogP contribution in [0.5, 0.6) is 0 Å². The van der Waals surface area contributed by atoms with Crippen LogP contribution in [-0.4, -0.2) is 16.6 Å². The van der Waals surface area contributed by atoms with Gasteiger partial charge in [-0.05, 0) is 37.0 Å². The van der Waals surface area contributed by atoms with Crippen molar-refractivity contribution in [2.24, 2.45) is 5.92 Å². The summed E-state index contributed by atoms with van der Waals surface area (Å²) in [6, 6.07) is 10.8. The molecule has 1 aromatic heterocycles. The van der Waals surface area contributed by atoms with E-state index in [4.69, 9.17) is 4.42 Å². The second-order valence-electron chi connectivity index (χ2n) is 7.95. The van der Waals surface area contributed by atoms with E-state index in [2.05, 4.69) is 32.6 Å². The molecule has 0 aliphatic carbocycles. The molecule has 2 rings (SSSR count). The zero-order chi connectivity index (χ0) is 19.9. The van der Waals surface area contributed by atoms with Crippen LogP contribution in [0.15, 0.2) is 40.8 Å². The van der Waals surface area contributed by atoms with Crippen LogP contribution in [0.1, 0.15) is 70.5 Å². The van der Waals surface area contributed by atoms with Gasteiger partial charge in [0.25, 0.3) is 0 Å². The minimum atomic E-state index is -0.893. The molecule has 27 heavy (non-hydrogen) atoms.